The molecule has 2 amide bonds. The predicted octanol–water partition coefficient (Wildman–Crippen LogP) is 2.53. The van der Waals surface area contributed by atoms with Crippen molar-refractivity contribution < 1.29 is 18.7 Å². The average molecular weight is 382 g/mol. The van der Waals surface area contributed by atoms with Gasteiger partial charge in [0.2, 0.25) is 0 Å². The van der Waals surface area contributed by atoms with Gasteiger partial charge in [-0.05, 0) is 44.0 Å². The van der Waals surface area contributed by atoms with Crippen molar-refractivity contribution in [2.24, 2.45) is 7.05 Å². The molecule has 0 saturated heterocycles. The Labute approximate surface area is 162 Å². The van der Waals surface area contributed by atoms with Crippen LogP contribution in [-0.4, -0.2) is 27.7 Å². The lowest BCUT2D eigenvalue weighted by Crippen LogP contribution is -2.47. The molecular weight excluding hydrogens is 360 g/mol. The van der Waals surface area contributed by atoms with E-state index in [0.717, 1.165) is 11.1 Å². The van der Waals surface area contributed by atoms with Gasteiger partial charge in [-0.1, -0.05) is 12.1 Å². The van der Waals surface area contributed by atoms with Gasteiger partial charge < -0.3 is 9.15 Å². The Morgan fingerprint density at radius 3 is 2.71 bits per heavy atom. The number of carbonyl (C=O) groups is 2. The third kappa shape index (κ3) is 4.06. The molecule has 28 heavy (non-hydrogen) atoms. The molecular formula is C20H22N4O4. The summed E-state index contributed by atoms with van der Waals surface area (Å²) in [6.07, 6.45) is 3.78. The van der Waals surface area contributed by atoms with Crippen molar-refractivity contribution in [3.05, 3.63) is 59.7 Å². The first-order chi connectivity index (χ1) is 13.4. The van der Waals surface area contributed by atoms with Crippen LogP contribution < -0.4 is 15.6 Å². The molecule has 0 aliphatic rings. The first-order valence-corrected chi connectivity index (χ1v) is 8.76. The first kappa shape index (κ1) is 19.2. The highest BCUT2D eigenvalue weighted by Crippen LogP contribution is 2.23. The zero-order valence-electron chi connectivity index (χ0n) is 16.1. The standard InChI is InChI=1S/C20H22N4O4/c1-12-6-5-7-17(13(12)2)28-14(3)19(25)21-22-20(26)16-10-24(4)23-18(16)15-8-9-27-11-15/h5-11,14H,1-4H3,(H,21,25)(H,22,26). The number of hydrogen-bond donors (Lipinski definition) is 2. The van der Waals surface area contributed by atoms with Crippen LogP contribution in [0.5, 0.6) is 5.75 Å². The number of nitrogens with one attached hydrogen (secondary N) is 2. The van der Waals surface area contributed by atoms with Gasteiger partial charge >= 0.3 is 0 Å². The van der Waals surface area contributed by atoms with Crippen LogP contribution in [0, 0.1) is 13.8 Å². The van der Waals surface area contributed by atoms with Crippen LogP contribution in [0.25, 0.3) is 11.3 Å². The van der Waals surface area contributed by atoms with E-state index >= 15 is 0 Å². The number of rotatable bonds is 5. The molecule has 2 aromatic heterocycles. The van der Waals surface area contributed by atoms with Crippen molar-refractivity contribution in [1.82, 2.24) is 20.6 Å². The van der Waals surface area contributed by atoms with Gasteiger partial charge in [0.05, 0.1) is 18.1 Å². The van der Waals surface area contributed by atoms with Gasteiger partial charge in [-0.15, -0.1) is 0 Å². The quantitative estimate of drug-likeness (QED) is 0.661. The molecule has 3 aromatic rings. The number of carbonyl (C=O) groups excluding carboxylic acids is 2. The van der Waals surface area contributed by atoms with E-state index in [0.29, 0.717) is 22.6 Å². The molecule has 0 fully saturated rings. The number of hydrogen-bond acceptors (Lipinski definition) is 5. The lowest BCUT2D eigenvalue weighted by atomic mass is 10.1. The molecule has 0 spiro atoms. The summed E-state index contributed by atoms with van der Waals surface area (Å²) in [5.41, 5.74) is 8.28. The number of aromatic nitrogens is 2. The van der Waals surface area contributed by atoms with Crippen LogP contribution in [0.3, 0.4) is 0 Å². The molecule has 0 aliphatic carbocycles. The van der Waals surface area contributed by atoms with Crippen LogP contribution >= 0.6 is 0 Å². The fourth-order valence-corrected chi connectivity index (χ4v) is 2.65. The van der Waals surface area contributed by atoms with Crippen molar-refractivity contribution in [3.63, 3.8) is 0 Å². The fraction of sp³-hybridized carbons (Fsp3) is 0.250. The summed E-state index contributed by atoms with van der Waals surface area (Å²) >= 11 is 0. The largest absolute Gasteiger partial charge is 0.481 e. The summed E-state index contributed by atoms with van der Waals surface area (Å²) in [6.45, 7) is 5.51. The maximum Gasteiger partial charge on any atom is 0.279 e. The Balaban J connectivity index is 1.63. The number of nitrogens with zero attached hydrogens (tertiary/aromatic N) is 2. The predicted molar refractivity (Wildman–Crippen MR) is 103 cm³/mol. The van der Waals surface area contributed by atoms with Crippen molar-refractivity contribution >= 4 is 11.8 Å². The normalized spacial score (nSPS) is 11.7. The van der Waals surface area contributed by atoms with Gasteiger partial charge in [0.15, 0.2) is 6.10 Å². The zero-order chi connectivity index (χ0) is 20.3. The van der Waals surface area contributed by atoms with Gasteiger partial charge in [0.25, 0.3) is 11.8 Å². The Morgan fingerprint density at radius 2 is 2.00 bits per heavy atom. The number of benzene rings is 1. The third-order valence-corrected chi connectivity index (χ3v) is 4.40. The lowest BCUT2D eigenvalue weighted by molar-refractivity contribution is -0.128. The number of furan rings is 1. The molecule has 0 radical (unpaired) electrons. The first-order valence-electron chi connectivity index (χ1n) is 8.76. The SMILES string of the molecule is Cc1cccc(OC(C)C(=O)NNC(=O)c2cn(C)nc2-c2ccoc2)c1C. The van der Waals surface area contributed by atoms with Crippen LogP contribution in [0.1, 0.15) is 28.4 Å². The molecule has 2 N–H and O–H groups in total. The molecule has 8 heteroatoms. The maximum absolute atomic E-state index is 12.5. The van der Waals surface area contributed by atoms with E-state index in [1.54, 1.807) is 32.3 Å². The topological polar surface area (TPSA) is 98.4 Å². The minimum Gasteiger partial charge on any atom is -0.481 e. The van der Waals surface area contributed by atoms with E-state index in [4.69, 9.17) is 9.15 Å². The molecule has 3 rings (SSSR count). The Morgan fingerprint density at radius 1 is 1.21 bits per heavy atom. The van der Waals surface area contributed by atoms with Gasteiger partial charge in [0, 0.05) is 18.8 Å². The summed E-state index contributed by atoms with van der Waals surface area (Å²) in [5.74, 6) is -0.330. The highest BCUT2D eigenvalue weighted by molar-refractivity contribution is 6.00. The molecule has 0 aliphatic heterocycles. The molecule has 1 unspecified atom stereocenters. The minimum absolute atomic E-state index is 0.312. The summed E-state index contributed by atoms with van der Waals surface area (Å²) < 4.78 is 12.3. The van der Waals surface area contributed by atoms with Crippen LogP contribution in [-0.2, 0) is 11.8 Å². The van der Waals surface area contributed by atoms with Crippen LogP contribution in [0.15, 0.2) is 47.4 Å². The van der Waals surface area contributed by atoms with Gasteiger partial charge in [-0.2, -0.15) is 5.10 Å². The van der Waals surface area contributed by atoms with Gasteiger partial charge in [0.1, 0.15) is 11.4 Å². The van der Waals surface area contributed by atoms with Crippen molar-refractivity contribution in [2.45, 2.75) is 26.9 Å². The monoisotopic (exact) mass is 382 g/mol. The molecule has 2 heterocycles. The molecule has 1 atom stereocenters. The number of hydrazine groups is 1. The second-order valence-corrected chi connectivity index (χ2v) is 6.48. The van der Waals surface area contributed by atoms with E-state index < -0.39 is 17.9 Å². The van der Waals surface area contributed by atoms with E-state index in [-0.39, 0.29) is 0 Å². The number of ether oxygens (including phenoxy) is 1. The third-order valence-electron chi connectivity index (χ3n) is 4.40. The lowest BCUT2D eigenvalue weighted by Gasteiger charge is -2.17. The number of amides is 2. The van der Waals surface area contributed by atoms with Gasteiger partial charge in [-0.3, -0.25) is 25.1 Å². The zero-order valence-corrected chi connectivity index (χ0v) is 16.1. The van der Waals surface area contributed by atoms with Crippen molar-refractivity contribution in [2.75, 3.05) is 0 Å². The van der Waals surface area contributed by atoms with E-state index in [1.807, 2.05) is 26.0 Å². The van der Waals surface area contributed by atoms with E-state index in [2.05, 4.69) is 16.0 Å². The van der Waals surface area contributed by atoms with E-state index in [1.165, 1.54) is 17.2 Å². The van der Waals surface area contributed by atoms with E-state index in [9.17, 15) is 9.59 Å². The molecule has 1 aromatic carbocycles. The second kappa shape index (κ2) is 7.99. The summed E-state index contributed by atoms with van der Waals surface area (Å²) in [5, 5.41) is 4.27. The average Bonchev–Trinajstić information content (AvgIpc) is 3.32. The number of aryl methyl sites for hydroxylation is 2. The van der Waals surface area contributed by atoms with Crippen molar-refractivity contribution in [1.29, 1.82) is 0 Å². The van der Waals surface area contributed by atoms with Gasteiger partial charge in [-0.25, -0.2) is 0 Å². The summed E-state index contributed by atoms with van der Waals surface area (Å²) in [7, 11) is 1.71. The highest BCUT2D eigenvalue weighted by atomic mass is 16.5. The molecule has 146 valence electrons. The smallest absolute Gasteiger partial charge is 0.279 e. The Kier molecular flexibility index (Phi) is 5.49. The Bertz CT molecular complexity index is 992. The highest BCUT2D eigenvalue weighted by Gasteiger charge is 2.21. The molecule has 8 nitrogen and oxygen atoms in total. The van der Waals surface area contributed by atoms with Crippen LogP contribution in [0.2, 0.25) is 0 Å². The second-order valence-electron chi connectivity index (χ2n) is 6.48. The summed E-state index contributed by atoms with van der Waals surface area (Å²) in [4.78, 5) is 24.8. The van der Waals surface area contributed by atoms with Crippen molar-refractivity contribution in [3.8, 4) is 17.0 Å². The molecule has 0 saturated carbocycles. The fourth-order valence-electron chi connectivity index (χ4n) is 2.65. The maximum atomic E-state index is 12.5. The Hall–Kier alpha value is -3.55. The molecule has 0 bridgehead atoms. The van der Waals surface area contributed by atoms with Crippen LogP contribution in [0.4, 0.5) is 0 Å². The minimum atomic E-state index is -0.789. The summed E-state index contributed by atoms with van der Waals surface area (Å²) in [6, 6.07) is 7.35.